The molecule has 10 heavy (non-hydrogen) atoms. The fourth-order valence-electron chi connectivity index (χ4n) is 1.22. The third-order valence-electron chi connectivity index (χ3n) is 1.83. The molecule has 0 amide bonds. The molecule has 1 rings (SSSR count). The Morgan fingerprint density at radius 2 is 2.00 bits per heavy atom. The van der Waals surface area contributed by atoms with Crippen LogP contribution in [0, 0.1) is 0 Å². The maximum Gasteiger partial charge on any atom is 0.0165 e. The molecule has 1 saturated heterocycles. The van der Waals surface area contributed by atoms with Crippen molar-refractivity contribution < 1.29 is 0 Å². The molecule has 2 nitrogen and oxygen atoms in total. The van der Waals surface area contributed by atoms with E-state index >= 15 is 0 Å². The molecular formula is C7H17ClN2. The van der Waals surface area contributed by atoms with Crippen molar-refractivity contribution in [2.75, 3.05) is 13.1 Å². The van der Waals surface area contributed by atoms with E-state index in [1.165, 1.54) is 25.7 Å². The van der Waals surface area contributed by atoms with Crippen LogP contribution in [0.1, 0.15) is 25.7 Å². The monoisotopic (exact) mass is 164 g/mol. The molecule has 62 valence electrons. The van der Waals surface area contributed by atoms with Crippen LogP contribution in [0.3, 0.4) is 0 Å². The summed E-state index contributed by atoms with van der Waals surface area (Å²) in [4.78, 5) is 0. The van der Waals surface area contributed by atoms with Gasteiger partial charge < -0.3 is 11.1 Å². The first kappa shape index (κ1) is 10.2. The van der Waals surface area contributed by atoms with Crippen molar-refractivity contribution in [1.82, 2.24) is 5.32 Å². The number of hydrogen-bond acceptors (Lipinski definition) is 2. The van der Waals surface area contributed by atoms with Gasteiger partial charge in [0.15, 0.2) is 0 Å². The van der Waals surface area contributed by atoms with E-state index in [-0.39, 0.29) is 12.4 Å². The van der Waals surface area contributed by atoms with Gasteiger partial charge in [0.05, 0.1) is 0 Å². The highest BCUT2D eigenvalue weighted by molar-refractivity contribution is 5.85. The van der Waals surface area contributed by atoms with Crippen LogP contribution in [0.25, 0.3) is 0 Å². The van der Waals surface area contributed by atoms with Gasteiger partial charge in [0, 0.05) is 12.6 Å². The highest BCUT2D eigenvalue weighted by atomic mass is 35.5. The van der Waals surface area contributed by atoms with E-state index in [0.29, 0.717) is 6.04 Å². The Bertz CT molecular complexity index is 70.0. The van der Waals surface area contributed by atoms with E-state index in [1.807, 2.05) is 0 Å². The number of nitrogens with two attached hydrogens (primary N) is 1. The van der Waals surface area contributed by atoms with Gasteiger partial charge in [-0.25, -0.2) is 0 Å². The Hall–Kier alpha value is 0.210. The zero-order chi connectivity index (χ0) is 6.53. The second kappa shape index (κ2) is 5.96. The lowest BCUT2D eigenvalue weighted by Crippen LogP contribution is -2.35. The molecule has 1 aliphatic rings. The smallest absolute Gasteiger partial charge is 0.0165 e. The second-order valence-corrected chi connectivity index (χ2v) is 2.81. The Labute approximate surface area is 69.0 Å². The Morgan fingerprint density at radius 1 is 1.20 bits per heavy atom. The molecule has 1 aliphatic heterocycles. The van der Waals surface area contributed by atoms with Crippen LogP contribution in [0.2, 0.25) is 0 Å². The van der Waals surface area contributed by atoms with Crippen molar-refractivity contribution in [2.24, 2.45) is 5.73 Å². The van der Waals surface area contributed by atoms with Gasteiger partial charge in [-0.15, -0.1) is 12.4 Å². The molecule has 0 bridgehead atoms. The van der Waals surface area contributed by atoms with Crippen LogP contribution in [0.15, 0.2) is 0 Å². The van der Waals surface area contributed by atoms with E-state index in [9.17, 15) is 0 Å². The first-order valence-corrected chi connectivity index (χ1v) is 3.86. The van der Waals surface area contributed by atoms with Gasteiger partial charge in [0.2, 0.25) is 0 Å². The van der Waals surface area contributed by atoms with Gasteiger partial charge in [-0.1, -0.05) is 12.8 Å². The van der Waals surface area contributed by atoms with E-state index in [1.54, 1.807) is 0 Å². The average molecular weight is 165 g/mol. The Morgan fingerprint density at radius 3 is 2.80 bits per heavy atom. The SMILES string of the molecule is Cl.NC1CCCCCNC1. The summed E-state index contributed by atoms with van der Waals surface area (Å²) in [5.41, 5.74) is 5.74. The highest BCUT2D eigenvalue weighted by Crippen LogP contribution is 2.03. The third-order valence-corrected chi connectivity index (χ3v) is 1.83. The molecular weight excluding hydrogens is 148 g/mol. The fourth-order valence-corrected chi connectivity index (χ4v) is 1.22. The summed E-state index contributed by atoms with van der Waals surface area (Å²) in [5.74, 6) is 0. The van der Waals surface area contributed by atoms with Gasteiger partial charge >= 0.3 is 0 Å². The molecule has 1 unspecified atom stereocenters. The van der Waals surface area contributed by atoms with Gasteiger partial charge in [-0.3, -0.25) is 0 Å². The third kappa shape index (κ3) is 4.09. The van der Waals surface area contributed by atoms with Gasteiger partial charge in [-0.2, -0.15) is 0 Å². The first-order valence-electron chi connectivity index (χ1n) is 3.86. The highest BCUT2D eigenvalue weighted by Gasteiger charge is 2.03. The van der Waals surface area contributed by atoms with Crippen molar-refractivity contribution in [3.63, 3.8) is 0 Å². The van der Waals surface area contributed by atoms with Gasteiger partial charge in [0.25, 0.3) is 0 Å². The Kier molecular flexibility index (Phi) is 6.08. The first-order chi connectivity index (χ1) is 4.39. The summed E-state index contributed by atoms with van der Waals surface area (Å²) in [6, 6.07) is 0.408. The molecule has 0 aliphatic carbocycles. The van der Waals surface area contributed by atoms with E-state index in [0.717, 1.165) is 13.1 Å². The van der Waals surface area contributed by atoms with E-state index < -0.39 is 0 Å². The molecule has 0 spiro atoms. The summed E-state index contributed by atoms with van der Waals surface area (Å²) in [6.45, 7) is 2.17. The second-order valence-electron chi connectivity index (χ2n) is 2.81. The average Bonchev–Trinajstić information content (AvgIpc) is 1.79. The largest absolute Gasteiger partial charge is 0.327 e. The standard InChI is InChI=1S/C7H16N2.ClH/c8-7-4-2-1-3-5-9-6-7;/h7,9H,1-6,8H2;1H. The predicted molar refractivity (Wildman–Crippen MR) is 46.6 cm³/mol. The van der Waals surface area contributed by atoms with Crippen LogP contribution in [0.5, 0.6) is 0 Å². The van der Waals surface area contributed by atoms with E-state index in [2.05, 4.69) is 5.32 Å². The van der Waals surface area contributed by atoms with Crippen molar-refractivity contribution in [1.29, 1.82) is 0 Å². The number of nitrogens with one attached hydrogen (secondary N) is 1. The van der Waals surface area contributed by atoms with Crippen molar-refractivity contribution in [3.8, 4) is 0 Å². The van der Waals surface area contributed by atoms with Crippen LogP contribution in [-0.4, -0.2) is 19.1 Å². The normalized spacial score (nSPS) is 27.9. The molecule has 1 atom stereocenters. The predicted octanol–water partition coefficient (Wildman–Crippen LogP) is 0.899. The molecule has 1 fully saturated rings. The lowest BCUT2D eigenvalue weighted by Gasteiger charge is -2.15. The minimum absolute atomic E-state index is 0. The molecule has 1 heterocycles. The van der Waals surface area contributed by atoms with E-state index in [4.69, 9.17) is 5.73 Å². The number of halogens is 1. The van der Waals surface area contributed by atoms with Crippen molar-refractivity contribution in [3.05, 3.63) is 0 Å². The molecule has 0 aromatic heterocycles. The van der Waals surface area contributed by atoms with Crippen LogP contribution in [0.4, 0.5) is 0 Å². The summed E-state index contributed by atoms with van der Waals surface area (Å²) >= 11 is 0. The molecule has 0 radical (unpaired) electrons. The molecule has 3 N–H and O–H groups in total. The molecule has 0 aromatic rings. The van der Waals surface area contributed by atoms with Crippen molar-refractivity contribution in [2.45, 2.75) is 31.7 Å². The molecule has 0 aromatic carbocycles. The minimum atomic E-state index is 0. The van der Waals surface area contributed by atoms with Crippen LogP contribution in [-0.2, 0) is 0 Å². The number of rotatable bonds is 0. The minimum Gasteiger partial charge on any atom is -0.327 e. The summed E-state index contributed by atoms with van der Waals surface area (Å²) in [6.07, 6.45) is 5.20. The quantitative estimate of drug-likeness (QED) is 0.559. The summed E-state index contributed by atoms with van der Waals surface area (Å²) < 4.78 is 0. The Balaban J connectivity index is 0.000000810. The zero-order valence-corrected chi connectivity index (χ0v) is 7.12. The van der Waals surface area contributed by atoms with Gasteiger partial charge in [0.1, 0.15) is 0 Å². The lowest BCUT2D eigenvalue weighted by molar-refractivity contribution is 0.467. The fraction of sp³-hybridized carbons (Fsp3) is 1.00. The summed E-state index contributed by atoms with van der Waals surface area (Å²) in [7, 11) is 0. The van der Waals surface area contributed by atoms with Crippen molar-refractivity contribution >= 4 is 12.4 Å². The zero-order valence-electron chi connectivity index (χ0n) is 6.31. The lowest BCUT2D eigenvalue weighted by atomic mass is 10.1. The topological polar surface area (TPSA) is 38.0 Å². The van der Waals surface area contributed by atoms with Crippen LogP contribution < -0.4 is 11.1 Å². The summed E-state index contributed by atoms with van der Waals surface area (Å²) in [5, 5.41) is 3.31. The molecule has 0 saturated carbocycles. The maximum atomic E-state index is 5.74. The maximum absolute atomic E-state index is 5.74. The molecule has 3 heteroatoms. The van der Waals surface area contributed by atoms with Gasteiger partial charge in [-0.05, 0) is 19.4 Å². The number of hydrogen-bond donors (Lipinski definition) is 2. The van der Waals surface area contributed by atoms with Crippen LogP contribution >= 0.6 is 12.4 Å².